The van der Waals surface area contributed by atoms with Gasteiger partial charge in [-0.25, -0.2) is 0 Å². The van der Waals surface area contributed by atoms with Crippen molar-refractivity contribution in [2.45, 2.75) is 24.0 Å². The monoisotopic (exact) mass is 620 g/mol. The zero-order valence-electron chi connectivity index (χ0n) is 25.5. The van der Waals surface area contributed by atoms with Crippen LogP contribution in [0.15, 0.2) is 170 Å². The fourth-order valence-corrected chi connectivity index (χ4v) is 6.22. The molecule has 0 aliphatic heterocycles. The summed E-state index contributed by atoms with van der Waals surface area (Å²) in [6, 6.07) is 53.3. The van der Waals surface area contributed by atoms with Crippen molar-refractivity contribution in [2.75, 3.05) is 0 Å². The van der Waals surface area contributed by atoms with Gasteiger partial charge in [0.05, 0.1) is 9.85 Å². The Morgan fingerprint density at radius 1 is 0.404 bits per heavy atom. The molecule has 0 aromatic heterocycles. The third-order valence-electron chi connectivity index (χ3n) is 8.51. The van der Waals surface area contributed by atoms with Gasteiger partial charge >= 0.3 is 0 Å². The summed E-state index contributed by atoms with van der Waals surface area (Å²) in [5.74, 6) is 0. The van der Waals surface area contributed by atoms with E-state index in [9.17, 15) is 20.2 Å². The summed E-state index contributed by atoms with van der Waals surface area (Å²) in [7, 11) is 0. The lowest BCUT2D eigenvalue weighted by Gasteiger charge is -2.46. The predicted octanol–water partition coefficient (Wildman–Crippen LogP) is 9.19. The number of hydrogen-bond acceptors (Lipinski definition) is 5. The fourth-order valence-electron chi connectivity index (χ4n) is 6.22. The van der Waals surface area contributed by atoms with Crippen LogP contribution < -0.4 is 0 Å². The van der Waals surface area contributed by atoms with Crippen LogP contribution in [0.1, 0.15) is 33.4 Å². The SMILES string of the molecule is O=[N+]([O-])c1ccc(CC(OC(Cc2ccc([N+](=O)[O-])cc2)(c2ccccc2)c2ccccc2)(c2ccccc2)c2ccccc2)cc1. The lowest BCUT2D eigenvalue weighted by molar-refractivity contribution is -0.385. The van der Waals surface area contributed by atoms with Crippen LogP contribution >= 0.6 is 0 Å². The summed E-state index contributed by atoms with van der Waals surface area (Å²) in [6.45, 7) is 0. The lowest BCUT2D eigenvalue weighted by atomic mass is 9.76. The highest BCUT2D eigenvalue weighted by Gasteiger charge is 2.47. The molecule has 7 nitrogen and oxygen atoms in total. The Morgan fingerprint density at radius 2 is 0.660 bits per heavy atom. The molecular weight excluding hydrogens is 588 g/mol. The van der Waals surface area contributed by atoms with E-state index in [0.717, 1.165) is 33.4 Å². The number of nitro groups is 2. The summed E-state index contributed by atoms with van der Waals surface area (Å²) in [4.78, 5) is 22.2. The third kappa shape index (κ3) is 6.57. The van der Waals surface area contributed by atoms with Gasteiger partial charge in [0.15, 0.2) is 0 Å². The maximum absolute atomic E-state index is 11.5. The van der Waals surface area contributed by atoms with E-state index in [-0.39, 0.29) is 11.4 Å². The minimum absolute atomic E-state index is 0.0146. The molecule has 7 heteroatoms. The second-order valence-corrected chi connectivity index (χ2v) is 11.4. The largest absolute Gasteiger partial charge is 0.349 e. The molecule has 47 heavy (non-hydrogen) atoms. The van der Waals surface area contributed by atoms with Gasteiger partial charge in [-0.1, -0.05) is 146 Å². The first-order valence-electron chi connectivity index (χ1n) is 15.3. The van der Waals surface area contributed by atoms with Crippen molar-refractivity contribution in [1.29, 1.82) is 0 Å². The van der Waals surface area contributed by atoms with E-state index in [1.807, 2.05) is 121 Å². The van der Waals surface area contributed by atoms with Gasteiger partial charge in [-0.2, -0.15) is 0 Å². The number of rotatable bonds is 12. The Kier molecular flexibility index (Phi) is 9.00. The molecule has 0 fully saturated rings. The standard InChI is InChI=1S/C40H32N2O5/c43-41(44)37-25-21-31(22-26-37)29-39(33-13-5-1-6-14-33,34-15-7-2-8-16-34)47-40(35-17-9-3-10-18-35,36-19-11-4-12-20-36)30-32-23-27-38(28-24-32)42(45)46/h1-28H,29-30H2. The second-order valence-electron chi connectivity index (χ2n) is 11.4. The van der Waals surface area contributed by atoms with Crippen LogP contribution in [-0.4, -0.2) is 9.85 Å². The molecule has 0 unspecified atom stereocenters. The van der Waals surface area contributed by atoms with E-state index in [4.69, 9.17) is 4.74 Å². The molecule has 0 saturated heterocycles. The molecule has 0 saturated carbocycles. The van der Waals surface area contributed by atoms with Crippen LogP contribution in [0.5, 0.6) is 0 Å². The van der Waals surface area contributed by atoms with E-state index in [1.165, 1.54) is 24.3 Å². The number of non-ortho nitro benzene ring substituents is 2. The van der Waals surface area contributed by atoms with Gasteiger partial charge in [0.1, 0.15) is 11.2 Å². The highest BCUT2D eigenvalue weighted by molar-refractivity contribution is 5.46. The van der Waals surface area contributed by atoms with Crippen LogP contribution in [0.4, 0.5) is 11.4 Å². The minimum Gasteiger partial charge on any atom is -0.349 e. The number of nitrogens with zero attached hydrogens (tertiary/aromatic N) is 2. The topological polar surface area (TPSA) is 95.5 Å². The molecule has 232 valence electrons. The maximum atomic E-state index is 11.5. The van der Waals surface area contributed by atoms with Crippen molar-refractivity contribution >= 4 is 11.4 Å². The Labute approximate surface area is 273 Å². The van der Waals surface area contributed by atoms with Gasteiger partial charge in [0.25, 0.3) is 11.4 Å². The number of hydrogen-bond donors (Lipinski definition) is 0. The van der Waals surface area contributed by atoms with Crippen LogP contribution in [0, 0.1) is 20.2 Å². The molecule has 0 spiro atoms. The molecule has 0 atom stereocenters. The smallest absolute Gasteiger partial charge is 0.269 e. The first kappa shape index (κ1) is 31.1. The Hall–Kier alpha value is -5.92. The maximum Gasteiger partial charge on any atom is 0.269 e. The van der Waals surface area contributed by atoms with Gasteiger partial charge in [0.2, 0.25) is 0 Å². The van der Waals surface area contributed by atoms with Gasteiger partial charge in [0, 0.05) is 37.1 Å². The van der Waals surface area contributed by atoms with Crippen LogP contribution in [0.25, 0.3) is 0 Å². The Morgan fingerprint density at radius 3 is 0.894 bits per heavy atom. The van der Waals surface area contributed by atoms with Gasteiger partial charge in [-0.05, 0) is 33.4 Å². The van der Waals surface area contributed by atoms with Crippen molar-refractivity contribution in [3.63, 3.8) is 0 Å². The highest BCUT2D eigenvalue weighted by Crippen LogP contribution is 2.48. The Bertz CT molecular complexity index is 1710. The molecular formula is C40H32N2O5. The summed E-state index contributed by atoms with van der Waals surface area (Å²) >= 11 is 0. The molecule has 6 aromatic rings. The zero-order valence-corrected chi connectivity index (χ0v) is 25.5. The molecule has 6 aromatic carbocycles. The first-order chi connectivity index (χ1) is 22.9. The fraction of sp³-hybridized carbons (Fsp3) is 0.100. The van der Waals surface area contributed by atoms with E-state index >= 15 is 0 Å². The van der Waals surface area contributed by atoms with Crippen molar-refractivity contribution in [3.05, 3.63) is 223 Å². The van der Waals surface area contributed by atoms with E-state index in [1.54, 1.807) is 24.3 Å². The van der Waals surface area contributed by atoms with Crippen molar-refractivity contribution < 1.29 is 14.6 Å². The zero-order chi connectivity index (χ0) is 32.7. The molecule has 0 amide bonds. The highest BCUT2D eigenvalue weighted by atomic mass is 16.6. The molecule has 0 radical (unpaired) electrons. The summed E-state index contributed by atoms with van der Waals surface area (Å²) in [5, 5.41) is 23.0. The lowest BCUT2D eigenvalue weighted by Crippen LogP contribution is -2.45. The minimum atomic E-state index is -1.09. The third-order valence-corrected chi connectivity index (χ3v) is 8.51. The van der Waals surface area contributed by atoms with Gasteiger partial charge < -0.3 is 4.74 Å². The molecule has 0 bridgehead atoms. The van der Waals surface area contributed by atoms with Crippen molar-refractivity contribution in [3.8, 4) is 0 Å². The Balaban J connectivity index is 1.63. The summed E-state index contributed by atoms with van der Waals surface area (Å²) < 4.78 is 7.87. The van der Waals surface area contributed by atoms with Crippen molar-refractivity contribution in [2.24, 2.45) is 0 Å². The van der Waals surface area contributed by atoms with E-state index in [2.05, 4.69) is 0 Å². The van der Waals surface area contributed by atoms with Crippen molar-refractivity contribution in [1.82, 2.24) is 0 Å². The molecule has 0 aliphatic carbocycles. The quantitative estimate of drug-likeness (QED) is 0.100. The molecule has 6 rings (SSSR count). The van der Waals surface area contributed by atoms with E-state index in [0.29, 0.717) is 12.8 Å². The van der Waals surface area contributed by atoms with Gasteiger partial charge in [-0.15, -0.1) is 0 Å². The molecule has 0 heterocycles. The molecule has 0 aliphatic rings. The van der Waals surface area contributed by atoms with Crippen LogP contribution in [0.2, 0.25) is 0 Å². The average molecular weight is 621 g/mol. The van der Waals surface area contributed by atoms with E-state index < -0.39 is 21.0 Å². The summed E-state index contributed by atoms with van der Waals surface area (Å²) in [6.07, 6.45) is 0.724. The number of benzene rings is 6. The van der Waals surface area contributed by atoms with Gasteiger partial charge in [-0.3, -0.25) is 20.2 Å². The number of ether oxygens (including phenoxy) is 1. The number of nitro benzene ring substituents is 2. The normalized spacial score (nSPS) is 11.6. The summed E-state index contributed by atoms with van der Waals surface area (Å²) in [5.41, 5.74) is 3.18. The van der Waals surface area contributed by atoms with Crippen LogP contribution in [-0.2, 0) is 28.8 Å². The van der Waals surface area contributed by atoms with Crippen LogP contribution in [0.3, 0.4) is 0 Å². The predicted molar refractivity (Wildman–Crippen MR) is 182 cm³/mol. The first-order valence-corrected chi connectivity index (χ1v) is 15.3. The second kappa shape index (κ2) is 13.6. The average Bonchev–Trinajstić information content (AvgIpc) is 3.13. The molecule has 0 N–H and O–H groups in total.